The SMILES string of the molecule is C=N/C=C(\C=C(/C)C(C)(C)C)NC1CCN(C(C)=O)CC1. The molecule has 0 atom stereocenters. The summed E-state index contributed by atoms with van der Waals surface area (Å²) in [5.74, 6) is 0.167. The molecule has 0 saturated carbocycles. The van der Waals surface area contributed by atoms with E-state index in [0.717, 1.165) is 31.6 Å². The lowest BCUT2D eigenvalue weighted by Crippen LogP contribution is -2.43. The molecular formula is C17H29N3O. The zero-order valence-corrected chi connectivity index (χ0v) is 14.1. The van der Waals surface area contributed by atoms with E-state index in [1.807, 2.05) is 4.90 Å². The maximum atomic E-state index is 11.3. The highest BCUT2D eigenvalue weighted by Gasteiger charge is 2.21. The van der Waals surface area contributed by atoms with Crippen molar-refractivity contribution >= 4 is 12.6 Å². The molecule has 1 rings (SSSR count). The normalized spacial score (nSPS) is 18.6. The summed E-state index contributed by atoms with van der Waals surface area (Å²) in [4.78, 5) is 17.1. The predicted octanol–water partition coefficient (Wildman–Crippen LogP) is 3.12. The maximum absolute atomic E-state index is 11.3. The molecule has 1 saturated heterocycles. The Morgan fingerprint density at radius 2 is 1.86 bits per heavy atom. The summed E-state index contributed by atoms with van der Waals surface area (Å²) in [5, 5.41) is 3.53. The predicted molar refractivity (Wildman–Crippen MR) is 89.3 cm³/mol. The summed E-state index contributed by atoms with van der Waals surface area (Å²) < 4.78 is 0. The molecule has 0 radical (unpaired) electrons. The monoisotopic (exact) mass is 291 g/mol. The van der Waals surface area contributed by atoms with Gasteiger partial charge in [0.15, 0.2) is 0 Å². The van der Waals surface area contributed by atoms with E-state index in [9.17, 15) is 4.79 Å². The van der Waals surface area contributed by atoms with Gasteiger partial charge < -0.3 is 10.2 Å². The lowest BCUT2D eigenvalue weighted by atomic mass is 9.87. The molecule has 4 heteroatoms. The number of rotatable bonds is 4. The van der Waals surface area contributed by atoms with Gasteiger partial charge in [0.25, 0.3) is 0 Å². The number of hydrogen-bond donors (Lipinski definition) is 1. The summed E-state index contributed by atoms with van der Waals surface area (Å²) in [7, 11) is 0. The molecule has 0 aromatic rings. The van der Waals surface area contributed by atoms with Crippen molar-refractivity contribution in [2.45, 2.75) is 53.5 Å². The fourth-order valence-corrected chi connectivity index (χ4v) is 2.24. The molecule has 1 aliphatic heterocycles. The maximum Gasteiger partial charge on any atom is 0.219 e. The number of likely N-dealkylation sites (tertiary alicyclic amines) is 1. The van der Waals surface area contributed by atoms with E-state index in [1.165, 1.54) is 5.57 Å². The third kappa shape index (κ3) is 5.74. The largest absolute Gasteiger partial charge is 0.381 e. The summed E-state index contributed by atoms with van der Waals surface area (Å²) in [5.41, 5.74) is 2.43. The zero-order valence-electron chi connectivity index (χ0n) is 14.1. The van der Waals surface area contributed by atoms with Crippen molar-refractivity contribution in [3.05, 3.63) is 23.5 Å². The Labute approximate surface area is 129 Å². The first-order chi connectivity index (χ1) is 9.74. The van der Waals surface area contributed by atoms with E-state index in [-0.39, 0.29) is 11.3 Å². The number of piperidine rings is 1. The van der Waals surface area contributed by atoms with E-state index in [4.69, 9.17) is 0 Å². The first kappa shape index (κ1) is 17.5. The van der Waals surface area contributed by atoms with Gasteiger partial charge in [0.1, 0.15) is 0 Å². The van der Waals surface area contributed by atoms with Crippen molar-refractivity contribution in [2.75, 3.05) is 13.1 Å². The smallest absolute Gasteiger partial charge is 0.219 e. The van der Waals surface area contributed by atoms with Crippen LogP contribution in [0, 0.1) is 5.41 Å². The number of aliphatic imine (C=N–C) groups is 1. The lowest BCUT2D eigenvalue weighted by molar-refractivity contribution is -0.129. The number of allylic oxidation sites excluding steroid dienone is 2. The van der Waals surface area contributed by atoms with Crippen LogP contribution in [0.15, 0.2) is 28.5 Å². The van der Waals surface area contributed by atoms with Gasteiger partial charge in [-0.25, -0.2) is 0 Å². The van der Waals surface area contributed by atoms with Crippen LogP contribution in [0.4, 0.5) is 0 Å². The number of hydrogen-bond acceptors (Lipinski definition) is 3. The van der Waals surface area contributed by atoms with E-state index >= 15 is 0 Å². The quantitative estimate of drug-likeness (QED) is 0.639. The highest BCUT2D eigenvalue weighted by Crippen LogP contribution is 2.25. The highest BCUT2D eigenvalue weighted by molar-refractivity contribution is 5.73. The molecule has 0 aromatic heterocycles. The number of carbonyl (C=O) groups is 1. The third-order valence-corrected chi connectivity index (χ3v) is 4.10. The Morgan fingerprint density at radius 3 is 2.29 bits per heavy atom. The highest BCUT2D eigenvalue weighted by atomic mass is 16.2. The van der Waals surface area contributed by atoms with Crippen molar-refractivity contribution in [3.8, 4) is 0 Å². The van der Waals surface area contributed by atoms with E-state index < -0.39 is 0 Å². The van der Waals surface area contributed by atoms with E-state index in [1.54, 1.807) is 13.1 Å². The van der Waals surface area contributed by atoms with Crippen molar-refractivity contribution in [1.29, 1.82) is 0 Å². The fourth-order valence-electron chi connectivity index (χ4n) is 2.24. The van der Waals surface area contributed by atoms with Crippen LogP contribution < -0.4 is 5.32 Å². The molecule has 4 nitrogen and oxygen atoms in total. The average Bonchev–Trinajstić information content (AvgIpc) is 2.38. The summed E-state index contributed by atoms with van der Waals surface area (Å²) >= 11 is 0. The summed E-state index contributed by atoms with van der Waals surface area (Å²) in [6.45, 7) is 15.6. The first-order valence-corrected chi connectivity index (χ1v) is 7.61. The molecule has 1 heterocycles. The molecule has 1 aliphatic rings. The molecule has 118 valence electrons. The molecule has 0 bridgehead atoms. The van der Waals surface area contributed by atoms with E-state index in [0.29, 0.717) is 6.04 Å². The van der Waals surface area contributed by atoms with Gasteiger partial charge in [0.2, 0.25) is 5.91 Å². The van der Waals surface area contributed by atoms with Crippen LogP contribution in [-0.4, -0.2) is 36.7 Å². The van der Waals surface area contributed by atoms with Crippen LogP contribution in [0.2, 0.25) is 0 Å². The number of nitrogens with one attached hydrogen (secondary N) is 1. The van der Waals surface area contributed by atoms with Crippen LogP contribution in [0.1, 0.15) is 47.5 Å². The number of carbonyl (C=O) groups excluding carboxylic acids is 1. The summed E-state index contributed by atoms with van der Waals surface area (Å²) in [6, 6.07) is 0.387. The minimum atomic E-state index is 0.139. The van der Waals surface area contributed by atoms with Gasteiger partial charge in [-0.05, 0) is 38.0 Å². The molecule has 0 unspecified atom stereocenters. The van der Waals surface area contributed by atoms with Gasteiger partial charge in [0.05, 0.1) is 5.70 Å². The van der Waals surface area contributed by atoms with Crippen molar-refractivity contribution in [2.24, 2.45) is 10.4 Å². The Morgan fingerprint density at radius 1 is 1.29 bits per heavy atom. The average molecular weight is 291 g/mol. The second-order valence-electron chi connectivity index (χ2n) is 6.77. The van der Waals surface area contributed by atoms with Crippen LogP contribution in [-0.2, 0) is 4.79 Å². The third-order valence-electron chi connectivity index (χ3n) is 4.10. The van der Waals surface area contributed by atoms with Crippen molar-refractivity contribution < 1.29 is 4.79 Å². The second kappa shape index (κ2) is 7.43. The zero-order chi connectivity index (χ0) is 16.0. The van der Waals surface area contributed by atoms with Crippen LogP contribution >= 0.6 is 0 Å². The molecule has 0 aromatic carbocycles. The molecular weight excluding hydrogens is 262 g/mol. The Bertz CT molecular complexity index is 435. The minimum Gasteiger partial charge on any atom is -0.381 e. The Balaban J connectivity index is 2.68. The number of amides is 1. The van der Waals surface area contributed by atoms with Crippen LogP contribution in [0.3, 0.4) is 0 Å². The Kier molecular flexibility index (Phi) is 6.19. The van der Waals surface area contributed by atoms with Crippen molar-refractivity contribution in [1.82, 2.24) is 10.2 Å². The van der Waals surface area contributed by atoms with Gasteiger partial charge in [0, 0.05) is 32.3 Å². The van der Waals surface area contributed by atoms with Gasteiger partial charge in [-0.3, -0.25) is 9.79 Å². The molecule has 0 spiro atoms. The molecule has 0 aliphatic carbocycles. The molecule has 1 N–H and O–H groups in total. The second-order valence-corrected chi connectivity index (χ2v) is 6.77. The standard InChI is InChI=1S/C17H29N3O/c1-13(17(3,4)5)11-16(12-18-6)19-15-7-9-20(10-8-15)14(2)21/h11-12,15,19H,6-10H2,1-5H3/b13-11+,16-12+. The van der Waals surface area contributed by atoms with Gasteiger partial charge >= 0.3 is 0 Å². The Hall–Kier alpha value is -1.58. The topological polar surface area (TPSA) is 44.7 Å². The summed E-state index contributed by atoms with van der Waals surface area (Å²) in [6.07, 6.45) is 5.85. The van der Waals surface area contributed by atoms with E-state index in [2.05, 4.69) is 50.8 Å². The van der Waals surface area contributed by atoms with Gasteiger partial charge in [-0.1, -0.05) is 26.3 Å². The fraction of sp³-hybridized carbons (Fsp3) is 0.647. The van der Waals surface area contributed by atoms with Gasteiger partial charge in [-0.15, -0.1) is 0 Å². The molecule has 1 fully saturated rings. The number of nitrogens with zero attached hydrogens (tertiary/aromatic N) is 2. The lowest BCUT2D eigenvalue weighted by Gasteiger charge is -2.32. The van der Waals surface area contributed by atoms with Gasteiger partial charge in [-0.2, -0.15) is 0 Å². The van der Waals surface area contributed by atoms with Crippen molar-refractivity contribution in [3.63, 3.8) is 0 Å². The molecule has 21 heavy (non-hydrogen) atoms. The first-order valence-electron chi connectivity index (χ1n) is 7.61. The molecule has 1 amide bonds. The van der Waals surface area contributed by atoms with Crippen LogP contribution in [0.25, 0.3) is 0 Å². The minimum absolute atomic E-state index is 0.139. The van der Waals surface area contributed by atoms with Crippen LogP contribution in [0.5, 0.6) is 0 Å².